The van der Waals surface area contributed by atoms with Crippen molar-refractivity contribution in [3.05, 3.63) is 96.7 Å². The summed E-state index contributed by atoms with van der Waals surface area (Å²) in [5.74, 6) is 0.616. The molecule has 0 unspecified atom stereocenters. The molecule has 0 fully saturated rings. The number of amides is 1. The Morgan fingerprint density at radius 3 is 2.50 bits per heavy atom. The van der Waals surface area contributed by atoms with E-state index in [-0.39, 0.29) is 5.91 Å². The molecule has 0 atom stereocenters. The fourth-order valence-electron chi connectivity index (χ4n) is 3.59. The molecule has 1 amide bonds. The number of anilines is 3. The number of nitrogens with one attached hydrogen (secondary N) is 1. The maximum absolute atomic E-state index is 12.8. The zero-order valence-electron chi connectivity index (χ0n) is 17.1. The number of hydrogen-bond donors (Lipinski definition) is 1. The number of carbonyl (C=O) groups excluding carboxylic acids is 1. The second kappa shape index (κ2) is 9.23. The van der Waals surface area contributed by atoms with Gasteiger partial charge in [0, 0.05) is 23.7 Å². The van der Waals surface area contributed by atoms with Gasteiger partial charge in [-0.15, -0.1) is 0 Å². The third-order valence-electron chi connectivity index (χ3n) is 5.12. The Labute approximate surface area is 177 Å². The number of benzene rings is 3. The first-order valence-electron chi connectivity index (χ1n) is 10.3. The van der Waals surface area contributed by atoms with Crippen LogP contribution in [0.15, 0.2) is 91.1 Å². The van der Waals surface area contributed by atoms with Gasteiger partial charge in [0.1, 0.15) is 0 Å². The summed E-state index contributed by atoms with van der Waals surface area (Å²) in [5.41, 5.74) is 2.42. The first-order valence-corrected chi connectivity index (χ1v) is 10.3. The standard InChI is InChI=1S/C26H25N3O/c1-2-3-19-29(24-17-9-14-20-11-7-8-15-22(20)24)25-23(16-10-18-27-25)28-26(30)21-12-5-4-6-13-21/h4-18H,2-3,19H2,1H3,(H,28,30). The second-order valence-corrected chi connectivity index (χ2v) is 7.20. The Morgan fingerprint density at radius 2 is 1.67 bits per heavy atom. The van der Waals surface area contributed by atoms with Crippen LogP contribution in [-0.2, 0) is 0 Å². The molecule has 0 radical (unpaired) electrons. The van der Waals surface area contributed by atoms with Crippen LogP contribution in [0.5, 0.6) is 0 Å². The largest absolute Gasteiger partial charge is 0.324 e. The first-order chi connectivity index (χ1) is 14.8. The molecule has 4 heteroatoms. The number of aromatic nitrogens is 1. The molecule has 0 spiro atoms. The molecule has 0 bridgehead atoms. The van der Waals surface area contributed by atoms with Gasteiger partial charge in [0.05, 0.1) is 11.4 Å². The lowest BCUT2D eigenvalue weighted by Gasteiger charge is -2.27. The van der Waals surface area contributed by atoms with Gasteiger partial charge in [-0.3, -0.25) is 4.79 Å². The van der Waals surface area contributed by atoms with Gasteiger partial charge in [-0.05, 0) is 42.1 Å². The molecule has 1 N–H and O–H groups in total. The van der Waals surface area contributed by atoms with Crippen molar-refractivity contribution in [2.24, 2.45) is 0 Å². The molecule has 0 aliphatic heterocycles. The van der Waals surface area contributed by atoms with Crippen LogP contribution in [0.25, 0.3) is 10.8 Å². The lowest BCUT2D eigenvalue weighted by molar-refractivity contribution is 0.102. The monoisotopic (exact) mass is 395 g/mol. The van der Waals surface area contributed by atoms with Crippen molar-refractivity contribution in [2.45, 2.75) is 19.8 Å². The molecule has 0 aliphatic rings. The van der Waals surface area contributed by atoms with Crippen molar-refractivity contribution in [1.29, 1.82) is 0 Å². The zero-order chi connectivity index (χ0) is 20.8. The molecule has 3 aromatic carbocycles. The van der Waals surface area contributed by atoms with Gasteiger partial charge >= 0.3 is 0 Å². The average molecular weight is 396 g/mol. The van der Waals surface area contributed by atoms with Crippen molar-refractivity contribution in [1.82, 2.24) is 4.98 Å². The number of unbranched alkanes of at least 4 members (excludes halogenated alkanes) is 1. The van der Waals surface area contributed by atoms with E-state index in [9.17, 15) is 4.79 Å². The topological polar surface area (TPSA) is 45.2 Å². The summed E-state index contributed by atoms with van der Waals surface area (Å²) in [6, 6.07) is 27.7. The second-order valence-electron chi connectivity index (χ2n) is 7.20. The molecule has 0 saturated carbocycles. The maximum Gasteiger partial charge on any atom is 0.255 e. The van der Waals surface area contributed by atoms with E-state index in [1.54, 1.807) is 6.20 Å². The first kappa shape index (κ1) is 19.6. The molecule has 1 aromatic heterocycles. The summed E-state index contributed by atoms with van der Waals surface area (Å²) >= 11 is 0. The van der Waals surface area contributed by atoms with Crippen molar-refractivity contribution in [3.8, 4) is 0 Å². The van der Waals surface area contributed by atoms with Crippen molar-refractivity contribution in [3.63, 3.8) is 0 Å². The normalized spacial score (nSPS) is 10.7. The Balaban J connectivity index is 1.76. The number of carbonyl (C=O) groups is 1. The van der Waals surface area contributed by atoms with Gasteiger partial charge in [0.25, 0.3) is 5.91 Å². The molecule has 0 aliphatic carbocycles. The van der Waals surface area contributed by atoms with Gasteiger partial charge < -0.3 is 10.2 Å². The highest BCUT2D eigenvalue weighted by Crippen LogP contribution is 2.35. The van der Waals surface area contributed by atoms with Crippen LogP contribution in [0.4, 0.5) is 17.2 Å². The Kier molecular flexibility index (Phi) is 6.04. The van der Waals surface area contributed by atoms with E-state index in [1.165, 1.54) is 10.8 Å². The fraction of sp³-hybridized carbons (Fsp3) is 0.154. The third-order valence-corrected chi connectivity index (χ3v) is 5.12. The minimum absolute atomic E-state index is 0.141. The summed E-state index contributed by atoms with van der Waals surface area (Å²) < 4.78 is 0. The predicted octanol–water partition coefficient (Wildman–Crippen LogP) is 6.43. The fourth-order valence-corrected chi connectivity index (χ4v) is 3.59. The Morgan fingerprint density at radius 1 is 0.900 bits per heavy atom. The number of fused-ring (bicyclic) bond motifs is 1. The van der Waals surface area contributed by atoms with Gasteiger partial charge in [0.15, 0.2) is 5.82 Å². The Hall–Kier alpha value is -3.66. The molecule has 30 heavy (non-hydrogen) atoms. The van der Waals surface area contributed by atoms with Crippen LogP contribution in [0.1, 0.15) is 30.1 Å². The smallest absolute Gasteiger partial charge is 0.255 e. The number of pyridine rings is 1. The minimum atomic E-state index is -0.141. The van der Waals surface area contributed by atoms with E-state index in [4.69, 9.17) is 0 Å². The van der Waals surface area contributed by atoms with Crippen LogP contribution < -0.4 is 10.2 Å². The van der Waals surface area contributed by atoms with E-state index < -0.39 is 0 Å². The van der Waals surface area contributed by atoms with Gasteiger partial charge in [-0.1, -0.05) is 67.9 Å². The molecule has 0 saturated heterocycles. The summed E-state index contributed by atoms with van der Waals surface area (Å²) in [6.07, 6.45) is 3.86. The third kappa shape index (κ3) is 4.18. The molecule has 4 nitrogen and oxygen atoms in total. The van der Waals surface area contributed by atoms with E-state index >= 15 is 0 Å². The lowest BCUT2D eigenvalue weighted by Crippen LogP contribution is -2.22. The predicted molar refractivity (Wildman–Crippen MR) is 124 cm³/mol. The van der Waals surface area contributed by atoms with Crippen LogP contribution in [0, 0.1) is 0 Å². The van der Waals surface area contributed by atoms with Crippen LogP contribution >= 0.6 is 0 Å². The van der Waals surface area contributed by atoms with Crippen molar-refractivity contribution >= 4 is 33.9 Å². The van der Waals surface area contributed by atoms with Crippen LogP contribution in [0.2, 0.25) is 0 Å². The number of hydrogen-bond acceptors (Lipinski definition) is 3. The van der Waals surface area contributed by atoms with E-state index in [2.05, 4.69) is 64.6 Å². The molecular weight excluding hydrogens is 370 g/mol. The average Bonchev–Trinajstić information content (AvgIpc) is 2.81. The highest BCUT2D eigenvalue weighted by molar-refractivity contribution is 6.06. The number of rotatable bonds is 7. The molecule has 1 heterocycles. The molecule has 150 valence electrons. The van der Waals surface area contributed by atoms with E-state index in [0.29, 0.717) is 11.3 Å². The summed E-state index contributed by atoms with van der Waals surface area (Å²) in [5, 5.41) is 5.41. The molecular formula is C26H25N3O. The molecule has 4 rings (SSSR count). The molecule has 4 aromatic rings. The highest BCUT2D eigenvalue weighted by Gasteiger charge is 2.18. The summed E-state index contributed by atoms with van der Waals surface area (Å²) in [6.45, 7) is 2.99. The van der Waals surface area contributed by atoms with Gasteiger partial charge in [0.2, 0.25) is 0 Å². The SMILES string of the molecule is CCCCN(c1ncccc1NC(=O)c1ccccc1)c1cccc2ccccc12. The van der Waals surface area contributed by atoms with Crippen LogP contribution in [-0.4, -0.2) is 17.4 Å². The van der Waals surface area contributed by atoms with Gasteiger partial charge in [-0.2, -0.15) is 0 Å². The minimum Gasteiger partial charge on any atom is -0.324 e. The lowest BCUT2D eigenvalue weighted by atomic mass is 10.1. The number of nitrogens with zero attached hydrogens (tertiary/aromatic N) is 2. The van der Waals surface area contributed by atoms with Crippen LogP contribution in [0.3, 0.4) is 0 Å². The Bertz CT molecular complexity index is 1140. The van der Waals surface area contributed by atoms with E-state index in [1.807, 2.05) is 42.5 Å². The van der Waals surface area contributed by atoms with E-state index in [0.717, 1.165) is 30.9 Å². The van der Waals surface area contributed by atoms with Gasteiger partial charge in [-0.25, -0.2) is 4.98 Å². The van der Waals surface area contributed by atoms with Crippen molar-refractivity contribution in [2.75, 3.05) is 16.8 Å². The van der Waals surface area contributed by atoms with Crippen molar-refractivity contribution < 1.29 is 4.79 Å². The highest BCUT2D eigenvalue weighted by atomic mass is 16.1. The summed E-state index contributed by atoms with van der Waals surface area (Å²) in [4.78, 5) is 19.7. The zero-order valence-corrected chi connectivity index (χ0v) is 17.1. The quantitative estimate of drug-likeness (QED) is 0.392. The summed E-state index contributed by atoms with van der Waals surface area (Å²) in [7, 11) is 0. The maximum atomic E-state index is 12.8.